The first-order chi connectivity index (χ1) is 17.5. The molecule has 0 aliphatic heterocycles. The van der Waals surface area contributed by atoms with Gasteiger partial charge in [-0.3, -0.25) is 9.59 Å². The number of thioether (sulfide) groups is 1. The molecular weight excluding hydrogens is 466 g/mol. The molecule has 0 bridgehead atoms. The molecule has 0 saturated heterocycles. The molecule has 5 nitrogen and oxygen atoms in total. The second-order valence-electron chi connectivity index (χ2n) is 8.68. The molecule has 0 saturated carbocycles. The normalized spacial score (nSPS) is 11.1. The highest BCUT2D eigenvalue weighted by Gasteiger charge is 2.11. The highest BCUT2D eigenvalue weighted by Crippen LogP contribution is 2.31. The molecule has 1 aromatic heterocycles. The fourth-order valence-corrected chi connectivity index (χ4v) is 5.14. The van der Waals surface area contributed by atoms with Crippen molar-refractivity contribution < 1.29 is 9.59 Å². The minimum atomic E-state index is -0.141. The van der Waals surface area contributed by atoms with Crippen molar-refractivity contribution in [2.75, 3.05) is 16.4 Å². The van der Waals surface area contributed by atoms with Gasteiger partial charge in [-0.05, 0) is 74.5 Å². The summed E-state index contributed by atoms with van der Waals surface area (Å²) < 4.78 is 2.29. The number of hydrogen-bond acceptors (Lipinski definition) is 3. The van der Waals surface area contributed by atoms with E-state index in [1.165, 1.54) is 28.2 Å². The Kier molecular flexibility index (Phi) is 6.78. The molecule has 0 radical (unpaired) electrons. The zero-order valence-electron chi connectivity index (χ0n) is 20.2. The van der Waals surface area contributed by atoms with Crippen molar-refractivity contribution in [3.63, 3.8) is 0 Å². The van der Waals surface area contributed by atoms with Crippen LogP contribution in [0.4, 0.5) is 11.4 Å². The van der Waals surface area contributed by atoms with Crippen LogP contribution >= 0.6 is 11.8 Å². The molecule has 5 rings (SSSR count). The van der Waals surface area contributed by atoms with Crippen molar-refractivity contribution in [3.8, 4) is 0 Å². The van der Waals surface area contributed by atoms with Crippen molar-refractivity contribution in [3.05, 3.63) is 102 Å². The van der Waals surface area contributed by atoms with Crippen LogP contribution in [0.3, 0.4) is 0 Å². The summed E-state index contributed by atoms with van der Waals surface area (Å²) in [7, 11) is 0. The number of rotatable bonds is 7. The van der Waals surface area contributed by atoms with Crippen molar-refractivity contribution >= 4 is 56.8 Å². The number of benzene rings is 4. The zero-order valence-corrected chi connectivity index (χ0v) is 21.1. The molecule has 1 heterocycles. The summed E-state index contributed by atoms with van der Waals surface area (Å²) in [5, 5.41) is 8.27. The Hall–Kier alpha value is -4.03. The molecule has 2 amide bonds. The third kappa shape index (κ3) is 4.99. The van der Waals surface area contributed by atoms with E-state index in [4.69, 9.17) is 0 Å². The molecule has 2 N–H and O–H groups in total. The summed E-state index contributed by atoms with van der Waals surface area (Å²) in [6.07, 6.45) is 0. The molecule has 6 heteroatoms. The first-order valence-corrected chi connectivity index (χ1v) is 12.9. The molecule has 36 heavy (non-hydrogen) atoms. The predicted molar refractivity (Wildman–Crippen MR) is 150 cm³/mol. The van der Waals surface area contributed by atoms with Gasteiger partial charge in [0.1, 0.15) is 0 Å². The number of carbonyl (C=O) groups is 2. The van der Waals surface area contributed by atoms with Crippen LogP contribution in [-0.2, 0) is 11.3 Å². The van der Waals surface area contributed by atoms with E-state index in [2.05, 4.69) is 52.5 Å². The van der Waals surface area contributed by atoms with E-state index in [-0.39, 0.29) is 11.8 Å². The van der Waals surface area contributed by atoms with Crippen LogP contribution in [0.25, 0.3) is 21.8 Å². The number of aryl methyl sites for hydroxylation is 2. The molecule has 0 spiro atoms. The second kappa shape index (κ2) is 10.3. The van der Waals surface area contributed by atoms with Crippen molar-refractivity contribution in [1.29, 1.82) is 0 Å². The third-order valence-corrected chi connectivity index (χ3v) is 7.15. The molecule has 4 aromatic carbocycles. The number of para-hydroxylation sites is 1. The summed E-state index contributed by atoms with van der Waals surface area (Å²) in [4.78, 5) is 26.0. The number of hydrogen-bond donors (Lipinski definition) is 2. The van der Waals surface area contributed by atoms with Gasteiger partial charge < -0.3 is 15.2 Å². The van der Waals surface area contributed by atoms with Gasteiger partial charge in [-0.15, -0.1) is 11.8 Å². The standard InChI is InChI=1S/C30H27N3O2S/c1-3-33-27-10-5-4-9-25(27)26-18-23(13-16-28(26)33)31-29(34)19-36-24-14-11-22(12-15-24)32-30(35)21-8-6-7-20(2)17-21/h4-18H,3,19H2,1-2H3,(H,31,34)(H,32,35). The molecule has 180 valence electrons. The average molecular weight is 494 g/mol. The number of carbonyl (C=O) groups excluding carboxylic acids is 2. The third-order valence-electron chi connectivity index (χ3n) is 6.13. The van der Waals surface area contributed by atoms with E-state index in [9.17, 15) is 9.59 Å². The number of amides is 2. The monoisotopic (exact) mass is 493 g/mol. The highest BCUT2D eigenvalue weighted by molar-refractivity contribution is 8.00. The molecule has 0 aliphatic carbocycles. The summed E-state index contributed by atoms with van der Waals surface area (Å²) in [5.41, 5.74) is 5.55. The van der Waals surface area contributed by atoms with Crippen molar-refractivity contribution in [1.82, 2.24) is 4.57 Å². The van der Waals surface area contributed by atoms with Gasteiger partial charge in [0.05, 0.1) is 5.75 Å². The lowest BCUT2D eigenvalue weighted by Crippen LogP contribution is -2.14. The van der Waals surface area contributed by atoms with Crippen LogP contribution in [0.15, 0.2) is 95.9 Å². The van der Waals surface area contributed by atoms with Crippen LogP contribution in [-0.4, -0.2) is 22.1 Å². The lowest BCUT2D eigenvalue weighted by Gasteiger charge is -2.08. The van der Waals surface area contributed by atoms with E-state index >= 15 is 0 Å². The van der Waals surface area contributed by atoms with Gasteiger partial charge in [0.2, 0.25) is 5.91 Å². The van der Waals surface area contributed by atoms with Gasteiger partial charge in [-0.1, -0.05) is 35.9 Å². The van der Waals surface area contributed by atoms with Gasteiger partial charge >= 0.3 is 0 Å². The Morgan fingerprint density at radius 3 is 2.31 bits per heavy atom. The summed E-state index contributed by atoms with van der Waals surface area (Å²) >= 11 is 1.46. The maximum atomic E-state index is 12.6. The van der Waals surface area contributed by atoms with E-state index in [1.807, 2.05) is 61.5 Å². The van der Waals surface area contributed by atoms with Crippen LogP contribution in [0.1, 0.15) is 22.8 Å². The predicted octanol–water partition coefficient (Wildman–Crippen LogP) is 7.11. The number of nitrogens with zero attached hydrogens (tertiary/aromatic N) is 1. The number of fused-ring (bicyclic) bond motifs is 3. The van der Waals surface area contributed by atoms with Gasteiger partial charge in [-0.2, -0.15) is 0 Å². The van der Waals surface area contributed by atoms with E-state index in [0.717, 1.165) is 33.8 Å². The Bertz CT molecular complexity index is 1570. The lowest BCUT2D eigenvalue weighted by molar-refractivity contribution is -0.113. The van der Waals surface area contributed by atoms with Crippen LogP contribution in [0.2, 0.25) is 0 Å². The Morgan fingerprint density at radius 1 is 0.778 bits per heavy atom. The van der Waals surface area contributed by atoms with Gasteiger partial charge in [-0.25, -0.2) is 0 Å². The number of aromatic nitrogens is 1. The Morgan fingerprint density at radius 2 is 1.53 bits per heavy atom. The number of nitrogens with one attached hydrogen (secondary N) is 2. The van der Waals surface area contributed by atoms with Crippen LogP contribution in [0.5, 0.6) is 0 Å². The molecule has 0 aliphatic rings. The second-order valence-corrected chi connectivity index (χ2v) is 9.73. The Labute approximate surface area is 214 Å². The first-order valence-electron chi connectivity index (χ1n) is 11.9. The summed E-state index contributed by atoms with van der Waals surface area (Å²) in [6, 6.07) is 29.5. The molecular formula is C30H27N3O2S. The molecule has 5 aromatic rings. The lowest BCUT2D eigenvalue weighted by atomic mass is 10.1. The number of anilines is 2. The summed E-state index contributed by atoms with van der Waals surface area (Å²) in [6.45, 7) is 4.99. The highest BCUT2D eigenvalue weighted by atomic mass is 32.2. The topological polar surface area (TPSA) is 63.1 Å². The minimum absolute atomic E-state index is 0.0598. The van der Waals surface area contributed by atoms with Gasteiger partial charge in [0.15, 0.2) is 0 Å². The first kappa shape index (κ1) is 23.7. The smallest absolute Gasteiger partial charge is 0.255 e. The fourth-order valence-electron chi connectivity index (χ4n) is 4.44. The average Bonchev–Trinajstić information content (AvgIpc) is 3.21. The van der Waals surface area contributed by atoms with Gasteiger partial charge in [0, 0.05) is 50.2 Å². The minimum Gasteiger partial charge on any atom is -0.341 e. The van der Waals surface area contributed by atoms with E-state index in [1.54, 1.807) is 6.07 Å². The molecule has 0 fully saturated rings. The quantitative estimate of drug-likeness (QED) is 0.238. The molecule has 0 atom stereocenters. The van der Waals surface area contributed by atoms with Crippen molar-refractivity contribution in [2.24, 2.45) is 0 Å². The van der Waals surface area contributed by atoms with Crippen LogP contribution < -0.4 is 10.6 Å². The van der Waals surface area contributed by atoms with E-state index < -0.39 is 0 Å². The summed E-state index contributed by atoms with van der Waals surface area (Å²) in [5.74, 6) is 0.0944. The maximum Gasteiger partial charge on any atom is 0.255 e. The van der Waals surface area contributed by atoms with Crippen LogP contribution in [0, 0.1) is 6.92 Å². The van der Waals surface area contributed by atoms with E-state index in [0.29, 0.717) is 11.3 Å². The Balaban J connectivity index is 1.20. The molecule has 0 unspecified atom stereocenters. The zero-order chi connectivity index (χ0) is 25.1. The van der Waals surface area contributed by atoms with Gasteiger partial charge in [0.25, 0.3) is 5.91 Å². The maximum absolute atomic E-state index is 12.6. The largest absolute Gasteiger partial charge is 0.341 e. The SMILES string of the molecule is CCn1c2ccccc2c2cc(NC(=O)CSc3ccc(NC(=O)c4cccc(C)c4)cc3)ccc21. The fraction of sp³-hybridized carbons (Fsp3) is 0.133. The van der Waals surface area contributed by atoms with Crippen molar-refractivity contribution in [2.45, 2.75) is 25.3 Å².